The van der Waals surface area contributed by atoms with Gasteiger partial charge in [0, 0.05) is 25.0 Å². The number of amides is 5. The van der Waals surface area contributed by atoms with E-state index in [1.54, 1.807) is 0 Å². The molecule has 21 N–H and O–H groups in total. The predicted octanol–water partition coefficient (Wildman–Crippen LogP) is -8.03. The van der Waals surface area contributed by atoms with Crippen molar-refractivity contribution in [1.82, 2.24) is 46.5 Å². The lowest BCUT2D eigenvalue weighted by molar-refractivity contribution is -0.335. The number of carboxylic acids is 2. The molecule has 10 rings (SSSR count). The molecule has 0 spiro atoms. The number of carbonyl (C=O) groups excluding carboxylic acids is 8. The number of aliphatic hydroxyl groups is 10. The molecule has 8 fully saturated rings. The van der Waals surface area contributed by atoms with Crippen LogP contribution in [0, 0.1) is 23.7 Å². The normalized spacial score (nSPS) is 33.1. The SMILES string of the molecule is COC(=O)C1CC(NC(=O)c2cc(=O)[nH]c(=O)[nH]2)[C@@H](O[C@@H]2OC(C)[C@@H](O)[C@H](O)C2O)[C@H](O[C@@H]2O[C@@H](CO)[C@H](O)C(O[C@@H](CC3CCCCC3)C(=O)O)C2NC(=O)CCC(=O)COCCOCCOCCOCC(=O)NCC(=O)NC2C(O[C@@H](CC3CCCCC3)C(=O)O)[C@@H](O)[C@H](CO)O[C@H]2O[C@@H]2CC(C(=O)OC)CC(NC(=O)c3cc(=O)[nH]c(=O)[nH]3)[C@H]2O[C@@H]2OC(C)[C@@H](O)[C@H](O)C2O)C1. The molecule has 0 radical (unpaired) electrons. The number of carbonyl (C=O) groups is 10. The molecule has 12 unspecified atom stereocenters. The summed E-state index contributed by atoms with van der Waals surface area (Å²) in [6, 6.07) is -5.01. The maximum atomic E-state index is 14.2. The Balaban J connectivity index is 0.728. The Labute approximate surface area is 764 Å². The molecule has 754 valence electrons. The van der Waals surface area contributed by atoms with Crippen LogP contribution in [0.1, 0.15) is 150 Å². The van der Waals surface area contributed by atoms with Gasteiger partial charge in [0.1, 0.15) is 122 Å². The van der Waals surface area contributed by atoms with Crippen molar-refractivity contribution in [3.63, 3.8) is 0 Å². The van der Waals surface area contributed by atoms with E-state index >= 15 is 0 Å². The van der Waals surface area contributed by atoms with E-state index in [1.165, 1.54) is 13.8 Å². The van der Waals surface area contributed by atoms with E-state index < -0.39 is 335 Å². The molecule has 4 saturated heterocycles. The molecule has 30 atom stereocenters. The topological polar surface area (TPSA) is 753 Å². The molecule has 0 aromatic carbocycles. The Morgan fingerprint density at radius 3 is 1.22 bits per heavy atom. The summed E-state index contributed by atoms with van der Waals surface area (Å²) in [6.07, 6.45) is -36.9. The first-order valence-corrected chi connectivity index (χ1v) is 44.8. The van der Waals surface area contributed by atoms with Gasteiger partial charge in [0.05, 0.1) is 122 Å². The fourth-order valence-corrected chi connectivity index (χ4v) is 17.8. The fraction of sp³-hybridized carbons (Fsp3) is 0.783. The monoisotopic (exact) mass is 1920 g/mol. The summed E-state index contributed by atoms with van der Waals surface area (Å²) in [5.41, 5.74) is -5.25. The van der Waals surface area contributed by atoms with Gasteiger partial charge in [-0.3, -0.25) is 57.9 Å². The van der Waals surface area contributed by atoms with Gasteiger partial charge < -0.3 is 174 Å². The number of H-pyrrole nitrogens is 4. The fourth-order valence-electron chi connectivity index (χ4n) is 17.8. The summed E-state index contributed by atoms with van der Waals surface area (Å²) in [6.45, 7) is -1.79. The van der Waals surface area contributed by atoms with E-state index in [1.807, 2.05) is 9.97 Å². The van der Waals surface area contributed by atoms with Crippen LogP contribution in [0.2, 0.25) is 0 Å². The van der Waals surface area contributed by atoms with Crippen LogP contribution in [0.15, 0.2) is 31.3 Å². The average molecular weight is 1920 g/mol. The number of hydrogen-bond acceptors (Lipinski definition) is 40. The molecule has 51 heteroatoms. The third kappa shape index (κ3) is 29.9. The molecule has 6 heterocycles. The number of carboxylic acid groups (broad SMARTS) is 2. The highest BCUT2D eigenvalue weighted by atomic mass is 16.8. The maximum Gasteiger partial charge on any atom is 0.332 e. The third-order valence-electron chi connectivity index (χ3n) is 25.0. The van der Waals surface area contributed by atoms with Crippen molar-refractivity contribution in [1.29, 1.82) is 0 Å². The van der Waals surface area contributed by atoms with Crippen molar-refractivity contribution in [2.45, 2.75) is 301 Å². The van der Waals surface area contributed by atoms with Crippen LogP contribution in [-0.4, -0.2) is 399 Å². The number of nitrogens with one attached hydrogen (secondary N) is 9. The second-order valence-corrected chi connectivity index (χ2v) is 34.6. The summed E-state index contributed by atoms with van der Waals surface area (Å²) in [7, 11) is 2.12. The maximum absolute atomic E-state index is 14.2. The van der Waals surface area contributed by atoms with Crippen LogP contribution >= 0.6 is 0 Å². The van der Waals surface area contributed by atoms with Gasteiger partial charge >= 0.3 is 35.3 Å². The molecule has 2 aromatic rings. The number of hydrogen-bond donors (Lipinski definition) is 21. The zero-order chi connectivity index (χ0) is 97.3. The second-order valence-electron chi connectivity index (χ2n) is 34.6. The van der Waals surface area contributed by atoms with Crippen LogP contribution in [0.3, 0.4) is 0 Å². The highest BCUT2D eigenvalue weighted by Gasteiger charge is 2.57. The van der Waals surface area contributed by atoms with Gasteiger partial charge in [0.25, 0.3) is 22.9 Å². The zero-order valence-corrected chi connectivity index (χ0v) is 74.3. The van der Waals surface area contributed by atoms with Crippen molar-refractivity contribution < 1.29 is 185 Å². The lowest BCUT2D eigenvalue weighted by Gasteiger charge is -2.49. The van der Waals surface area contributed by atoms with Crippen molar-refractivity contribution >= 4 is 59.2 Å². The van der Waals surface area contributed by atoms with Gasteiger partial charge in [-0.25, -0.2) is 19.2 Å². The Bertz CT molecular complexity index is 4110. The average Bonchev–Trinajstić information content (AvgIpc) is 0.770. The second kappa shape index (κ2) is 51.6. The van der Waals surface area contributed by atoms with Gasteiger partial charge in [-0.15, -0.1) is 0 Å². The van der Waals surface area contributed by atoms with Crippen LogP contribution in [0.25, 0.3) is 0 Å². The quantitative estimate of drug-likeness (QED) is 0.0216. The van der Waals surface area contributed by atoms with Gasteiger partial charge in [-0.05, 0) is 64.2 Å². The minimum absolute atomic E-state index is 0.0152. The number of aliphatic hydroxyl groups excluding tert-OH is 10. The van der Waals surface area contributed by atoms with Crippen LogP contribution < -0.4 is 49.1 Å². The minimum atomic E-state index is -2.00. The number of ketones is 1. The van der Waals surface area contributed by atoms with Crippen molar-refractivity contribution in [2.75, 3.05) is 86.8 Å². The number of aromatic amines is 4. The molecule has 2 aromatic heterocycles. The first-order chi connectivity index (χ1) is 64.0. The Morgan fingerprint density at radius 1 is 0.433 bits per heavy atom. The van der Waals surface area contributed by atoms with E-state index in [9.17, 15) is 128 Å². The molecule has 4 saturated carbocycles. The van der Waals surface area contributed by atoms with E-state index in [0.29, 0.717) is 25.7 Å². The number of methoxy groups -OCH3 is 2. The van der Waals surface area contributed by atoms with Gasteiger partial charge in [-0.2, -0.15) is 0 Å². The zero-order valence-electron chi connectivity index (χ0n) is 74.3. The van der Waals surface area contributed by atoms with Crippen LogP contribution in [-0.2, 0) is 114 Å². The molecule has 134 heavy (non-hydrogen) atoms. The van der Waals surface area contributed by atoms with Crippen molar-refractivity contribution in [2.24, 2.45) is 23.7 Å². The molecule has 0 bridgehead atoms. The first kappa shape index (κ1) is 107. The molecule has 51 nitrogen and oxygen atoms in total. The summed E-state index contributed by atoms with van der Waals surface area (Å²) < 4.78 is 94.5. The highest BCUT2D eigenvalue weighted by molar-refractivity contribution is 5.93. The molecular formula is C83H125N9O42. The first-order valence-electron chi connectivity index (χ1n) is 44.8. The Morgan fingerprint density at radius 2 is 0.828 bits per heavy atom. The minimum Gasteiger partial charge on any atom is -0.479 e. The standard InChI is InChI=1S/C83H125N9O42/c1-36-60(101)64(105)66(107)80(125-36)133-68-43(85-72(109)45-29-54(97)91-82(117)87-45)25-40(76(115)119-3)27-47(68)129-78-58(70(62(103)51(32-93)131-78)127-49(74(111)112)23-38-11-7-5-8-12-38)89-53(96)16-15-42(95)34-123-21-19-121-17-18-122-20-22-124-35-57(100)84-31-56(99)90-59-71(128-50(75(113)114)24-39-13-9-6-10-14-39)63(104)52(33-94)132-79(59)130-48-28-41(77(116)120-4)26-44(86-73(110)46-30-55(98)92-83(118)88-46)69(48)134-81-67(108)65(106)61(102)37(2)126-81/h29-30,36-41,43-44,47-52,58-71,78-81,93-94,101-108H,5-28,31-35H2,1-4H3,(H,84,100)(H,85,109)(H,86,110)(H,89,96)(H,90,99)(H,111,112)(H,113,114)(H2,87,91,97,117)(H2,88,92,98,118)/t36?,37?,40?,41?,43?,44?,47-,48-,49+,50+,51+,52+,58?,59?,60-,61-,62+,63+,64+,65+,66?,67?,68-,69-,70?,71?,78-,79-,80+,81+/m1/s1. The number of Topliss-reactive ketones (excluding diaryl/α,β-unsaturated/α-hetero) is 1. The molecule has 4 aliphatic heterocycles. The number of rotatable bonds is 46. The van der Waals surface area contributed by atoms with Crippen LogP contribution in [0.4, 0.5) is 0 Å². The molecular weight excluding hydrogens is 1790 g/mol. The number of ether oxygens (including phenoxy) is 16. The number of aromatic nitrogens is 4. The molecule has 4 aliphatic carbocycles. The van der Waals surface area contributed by atoms with Gasteiger partial charge in [0.2, 0.25) is 17.7 Å². The van der Waals surface area contributed by atoms with E-state index in [2.05, 4.69) is 36.6 Å². The lowest BCUT2D eigenvalue weighted by atomic mass is 9.81. The summed E-state index contributed by atoms with van der Waals surface area (Å²) in [4.78, 5) is 194. The Kier molecular flexibility index (Phi) is 41.4. The highest BCUT2D eigenvalue weighted by Crippen LogP contribution is 2.41. The summed E-state index contributed by atoms with van der Waals surface area (Å²) in [5.74, 6) is -13.0. The Hall–Kier alpha value is -8.70. The molecule has 5 amide bonds. The number of esters is 2. The summed E-state index contributed by atoms with van der Waals surface area (Å²) >= 11 is 0. The van der Waals surface area contributed by atoms with E-state index in [0.717, 1.165) is 64.9 Å². The predicted molar refractivity (Wildman–Crippen MR) is 444 cm³/mol. The van der Waals surface area contributed by atoms with E-state index in [-0.39, 0.29) is 77.2 Å². The summed E-state index contributed by atoms with van der Waals surface area (Å²) in [5, 5.41) is 145. The number of aliphatic carboxylic acids is 2. The van der Waals surface area contributed by atoms with Crippen LogP contribution in [0.5, 0.6) is 0 Å². The largest absolute Gasteiger partial charge is 0.479 e. The molecule has 8 aliphatic rings. The van der Waals surface area contributed by atoms with Gasteiger partial charge in [0.15, 0.2) is 43.2 Å². The van der Waals surface area contributed by atoms with E-state index in [4.69, 9.17) is 75.8 Å². The van der Waals surface area contributed by atoms with Gasteiger partial charge in [-0.1, -0.05) is 64.2 Å². The third-order valence-corrected chi connectivity index (χ3v) is 25.0. The lowest BCUT2D eigenvalue weighted by Crippen LogP contribution is -2.68. The van der Waals surface area contributed by atoms with Crippen molar-refractivity contribution in [3.8, 4) is 0 Å². The smallest absolute Gasteiger partial charge is 0.332 e. The van der Waals surface area contributed by atoms with Crippen molar-refractivity contribution in [3.05, 3.63) is 65.2 Å².